The number of aromatic nitrogens is 1. The minimum Gasteiger partial charge on any atom is -0.475 e. The van der Waals surface area contributed by atoms with Crippen LogP contribution >= 0.6 is 0 Å². The van der Waals surface area contributed by atoms with E-state index in [2.05, 4.69) is 4.98 Å². The average Bonchev–Trinajstić information content (AvgIpc) is 3.04. The van der Waals surface area contributed by atoms with Crippen molar-refractivity contribution < 1.29 is 37.0 Å². The van der Waals surface area contributed by atoms with Crippen LogP contribution in [0.4, 0.5) is 17.6 Å². The summed E-state index contributed by atoms with van der Waals surface area (Å²) in [4.78, 5) is 32.2. The van der Waals surface area contributed by atoms with E-state index in [9.17, 15) is 22.4 Å². The maximum Gasteiger partial charge on any atom is 0.490 e. The molecular formula is C23H22F4N4O4. The molecule has 12 heteroatoms. The van der Waals surface area contributed by atoms with E-state index in [0.717, 1.165) is 24.0 Å². The predicted molar refractivity (Wildman–Crippen MR) is 116 cm³/mol. The molecule has 1 saturated heterocycles. The van der Waals surface area contributed by atoms with Crippen LogP contribution in [0.3, 0.4) is 0 Å². The molecule has 1 aromatic carbocycles. The van der Waals surface area contributed by atoms with E-state index in [1.165, 1.54) is 11.1 Å². The van der Waals surface area contributed by atoms with Gasteiger partial charge in [0.05, 0.1) is 6.61 Å². The number of guanidine groups is 1. The van der Waals surface area contributed by atoms with E-state index in [-0.39, 0.29) is 17.8 Å². The van der Waals surface area contributed by atoms with Crippen molar-refractivity contribution in [3.63, 3.8) is 0 Å². The number of carboxylic acid groups (broad SMARTS) is 1. The van der Waals surface area contributed by atoms with Gasteiger partial charge in [-0.25, -0.2) is 14.8 Å². The first-order chi connectivity index (χ1) is 16.5. The molecule has 186 valence electrons. The number of carbonyl (C=O) groups is 2. The van der Waals surface area contributed by atoms with Gasteiger partial charge in [-0.1, -0.05) is 12.1 Å². The van der Waals surface area contributed by atoms with Gasteiger partial charge in [-0.15, -0.1) is 0 Å². The monoisotopic (exact) mass is 494 g/mol. The SMILES string of the molecule is CN1C(=O)C2(N=C1N)c1cc(-c3cccnc3F)ccc1C[C@H]1CCOC[C@@H]12.O=C(O)C(F)(F)F. The quantitative estimate of drug-likeness (QED) is 0.465. The van der Waals surface area contributed by atoms with E-state index in [1.54, 1.807) is 19.2 Å². The third-order valence-corrected chi connectivity index (χ3v) is 6.62. The second-order valence-electron chi connectivity index (χ2n) is 8.55. The topological polar surface area (TPSA) is 118 Å². The van der Waals surface area contributed by atoms with Crippen LogP contribution < -0.4 is 5.73 Å². The molecule has 1 fully saturated rings. The zero-order valence-electron chi connectivity index (χ0n) is 18.6. The minimum absolute atomic E-state index is 0.0845. The Morgan fingerprint density at radius 1 is 1.31 bits per heavy atom. The normalized spacial score (nSPS) is 25.3. The van der Waals surface area contributed by atoms with Crippen LogP contribution in [0.2, 0.25) is 0 Å². The molecule has 0 saturated carbocycles. The Balaban J connectivity index is 0.000000364. The summed E-state index contributed by atoms with van der Waals surface area (Å²) < 4.78 is 51.8. The Morgan fingerprint density at radius 2 is 2.03 bits per heavy atom. The molecule has 1 spiro atoms. The molecule has 0 bridgehead atoms. The summed E-state index contributed by atoms with van der Waals surface area (Å²) in [5.41, 5.74) is 7.91. The molecule has 2 aromatic rings. The number of amides is 1. The van der Waals surface area contributed by atoms with Crippen molar-refractivity contribution in [2.45, 2.75) is 24.6 Å². The van der Waals surface area contributed by atoms with E-state index in [4.69, 9.17) is 25.4 Å². The number of halogens is 4. The van der Waals surface area contributed by atoms with Crippen LogP contribution in [0.25, 0.3) is 11.1 Å². The van der Waals surface area contributed by atoms with Gasteiger partial charge in [0.2, 0.25) is 5.95 Å². The van der Waals surface area contributed by atoms with Crippen molar-refractivity contribution >= 4 is 17.8 Å². The number of aliphatic carboxylic acids is 1. The van der Waals surface area contributed by atoms with Crippen LogP contribution in [-0.4, -0.2) is 59.3 Å². The molecule has 5 rings (SSSR count). The number of hydrogen-bond donors (Lipinski definition) is 2. The third-order valence-electron chi connectivity index (χ3n) is 6.62. The number of hydrogen-bond acceptors (Lipinski definition) is 6. The molecular weight excluding hydrogens is 472 g/mol. The average molecular weight is 494 g/mol. The smallest absolute Gasteiger partial charge is 0.475 e. The zero-order chi connectivity index (χ0) is 25.5. The second kappa shape index (κ2) is 8.91. The number of rotatable bonds is 1. The number of nitrogens with two attached hydrogens (primary N) is 1. The molecule has 35 heavy (non-hydrogen) atoms. The summed E-state index contributed by atoms with van der Waals surface area (Å²) in [6.45, 7) is 1.15. The standard InChI is InChI=1S/C21H21FN4O2.C2HF3O2/c1-26-19(27)21(25-20(26)23)16-10-12(15-3-2-7-24-18(15)22)4-5-13(16)9-14-6-8-28-11-17(14)21;3-2(4,5)1(6)7/h2-5,7,10,14,17H,6,8-9,11H2,1H3,(H2,23,25);(H,6,7)/t14-,17+,21?;/m1./s1. The molecule has 8 nitrogen and oxygen atoms in total. The first kappa shape index (κ1) is 24.6. The minimum atomic E-state index is -5.08. The van der Waals surface area contributed by atoms with Crippen molar-refractivity contribution in [2.24, 2.45) is 22.6 Å². The number of nitrogens with zero attached hydrogens (tertiary/aromatic N) is 3. The molecule has 3 aliphatic rings. The van der Waals surface area contributed by atoms with E-state index in [0.29, 0.717) is 30.3 Å². The van der Waals surface area contributed by atoms with Gasteiger partial charge in [0.15, 0.2) is 11.5 Å². The number of alkyl halides is 3. The molecule has 3 atom stereocenters. The number of carbonyl (C=O) groups excluding carboxylic acids is 1. The maximum atomic E-state index is 14.3. The number of benzene rings is 1. The lowest BCUT2D eigenvalue weighted by molar-refractivity contribution is -0.192. The highest BCUT2D eigenvalue weighted by Gasteiger charge is 2.59. The first-order valence-electron chi connectivity index (χ1n) is 10.7. The summed E-state index contributed by atoms with van der Waals surface area (Å²) in [6, 6.07) is 9.15. The molecule has 2 aliphatic heterocycles. The number of ether oxygens (including phenoxy) is 1. The van der Waals surface area contributed by atoms with Crippen molar-refractivity contribution in [2.75, 3.05) is 20.3 Å². The van der Waals surface area contributed by atoms with E-state index in [1.807, 2.05) is 18.2 Å². The number of carboxylic acids is 1. The highest BCUT2D eigenvalue weighted by molar-refractivity contribution is 6.07. The first-order valence-corrected chi connectivity index (χ1v) is 10.7. The summed E-state index contributed by atoms with van der Waals surface area (Å²) in [7, 11) is 1.65. The van der Waals surface area contributed by atoms with Crippen LogP contribution in [0.15, 0.2) is 41.5 Å². The fraction of sp³-hybridized carbons (Fsp3) is 0.391. The number of likely N-dealkylation sites (N-methyl/N-ethyl adjacent to an activating group) is 1. The Labute approximate surface area is 197 Å². The Hall–Kier alpha value is -3.54. The highest BCUT2D eigenvalue weighted by Crippen LogP contribution is 2.51. The van der Waals surface area contributed by atoms with Gasteiger partial charge >= 0.3 is 12.1 Å². The highest BCUT2D eigenvalue weighted by atomic mass is 19.4. The summed E-state index contributed by atoms with van der Waals surface area (Å²) >= 11 is 0. The van der Waals surface area contributed by atoms with Crippen molar-refractivity contribution in [3.8, 4) is 11.1 Å². The third kappa shape index (κ3) is 4.22. The lowest BCUT2D eigenvalue weighted by Gasteiger charge is -2.46. The lowest BCUT2D eigenvalue weighted by Crippen LogP contribution is -2.53. The van der Waals surface area contributed by atoms with Crippen LogP contribution in [-0.2, 0) is 26.3 Å². The second-order valence-corrected chi connectivity index (χ2v) is 8.55. The van der Waals surface area contributed by atoms with Gasteiger partial charge in [0.1, 0.15) is 0 Å². The van der Waals surface area contributed by atoms with E-state index < -0.39 is 23.6 Å². The number of fused-ring (bicyclic) bond motifs is 4. The molecule has 0 radical (unpaired) electrons. The predicted octanol–water partition coefficient (Wildman–Crippen LogP) is 2.71. The molecule has 3 heterocycles. The van der Waals surface area contributed by atoms with Crippen molar-refractivity contribution in [1.82, 2.24) is 9.88 Å². The van der Waals surface area contributed by atoms with Crippen LogP contribution in [0.5, 0.6) is 0 Å². The van der Waals surface area contributed by atoms with Gasteiger partial charge in [0, 0.05) is 31.3 Å². The van der Waals surface area contributed by atoms with Gasteiger partial charge in [-0.2, -0.15) is 17.6 Å². The van der Waals surface area contributed by atoms with Crippen molar-refractivity contribution in [3.05, 3.63) is 53.6 Å². The molecule has 1 aromatic heterocycles. The molecule has 1 amide bonds. The zero-order valence-corrected chi connectivity index (χ0v) is 18.6. The Kier molecular flexibility index (Phi) is 6.26. The summed E-state index contributed by atoms with van der Waals surface area (Å²) in [6.07, 6.45) is -1.92. The molecule has 1 unspecified atom stereocenters. The largest absolute Gasteiger partial charge is 0.490 e. The number of pyridine rings is 1. The Morgan fingerprint density at radius 3 is 2.63 bits per heavy atom. The summed E-state index contributed by atoms with van der Waals surface area (Å²) in [5, 5.41) is 7.12. The lowest BCUT2D eigenvalue weighted by atomic mass is 9.62. The fourth-order valence-corrected chi connectivity index (χ4v) is 4.93. The van der Waals surface area contributed by atoms with Gasteiger partial charge in [-0.05, 0) is 53.6 Å². The fourth-order valence-electron chi connectivity index (χ4n) is 4.93. The van der Waals surface area contributed by atoms with Gasteiger partial charge < -0.3 is 15.6 Å². The van der Waals surface area contributed by atoms with Crippen LogP contribution in [0, 0.1) is 17.8 Å². The molecule has 3 N–H and O–H groups in total. The molecule has 1 aliphatic carbocycles. The van der Waals surface area contributed by atoms with Crippen molar-refractivity contribution in [1.29, 1.82) is 0 Å². The Bertz CT molecular complexity index is 1200. The van der Waals surface area contributed by atoms with Crippen LogP contribution in [0.1, 0.15) is 17.5 Å². The van der Waals surface area contributed by atoms with Gasteiger partial charge in [-0.3, -0.25) is 9.69 Å². The van der Waals surface area contributed by atoms with E-state index >= 15 is 0 Å². The summed E-state index contributed by atoms with van der Waals surface area (Å²) in [5.74, 6) is -3.01. The maximum absolute atomic E-state index is 14.3. The number of aliphatic imine (C=N–C) groups is 1. The van der Waals surface area contributed by atoms with Gasteiger partial charge in [0.25, 0.3) is 5.91 Å².